The average Bonchev–Trinajstić information content (AvgIpc) is 2.26. The van der Waals surface area contributed by atoms with Gasteiger partial charge in [0.25, 0.3) is 0 Å². The van der Waals surface area contributed by atoms with Gasteiger partial charge in [-0.1, -0.05) is 0 Å². The topological polar surface area (TPSA) is 12.4 Å². The van der Waals surface area contributed by atoms with E-state index in [0.29, 0.717) is 0 Å². The molecule has 0 radical (unpaired) electrons. The molecule has 0 aliphatic carbocycles. The van der Waals surface area contributed by atoms with Crippen molar-refractivity contribution in [3.63, 3.8) is 0 Å². The van der Waals surface area contributed by atoms with Gasteiger partial charge in [-0.3, -0.25) is 0 Å². The molecule has 0 atom stereocenters. The van der Waals surface area contributed by atoms with E-state index in [1.807, 2.05) is 0 Å². The van der Waals surface area contributed by atoms with Gasteiger partial charge in [0.1, 0.15) is 0 Å². The van der Waals surface area contributed by atoms with Gasteiger partial charge in [0.2, 0.25) is 0 Å². The molecule has 1 aliphatic heterocycles. The van der Waals surface area contributed by atoms with Crippen molar-refractivity contribution in [3.8, 4) is 0 Å². The predicted molar refractivity (Wildman–Crippen MR) is 65.2 cm³/mol. The van der Waals surface area contributed by atoms with Crippen LogP contribution in [-0.2, 0) is 0 Å². The summed E-state index contributed by atoms with van der Waals surface area (Å²) in [6, 6.07) is 16.9. The molecule has 0 bridgehead atoms. The van der Waals surface area contributed by atoms with E-state index >= 15 is 0 Å². The summed E-state index contributed by atoms with van der Waals surface area (Å²) in [5, 5.41) is 1.16. The normalized spacial score (nSPS) is 12.3. The van der Waals surface area contributed by atoms with Crippen molar-refractivity contribution < 1.29 is 0 Å². The van der Waals surface area contributed by atoms with Gasteiger partial charge in [-0.05, 0) is 0 Å². The summed E-state index contributed by atoms with van der Waals surface area (Å²) >= 11 is 0.133. The van der Waals surface area contributed by atoms with Crippen molar-refractivity contribution in [2.24, 2.45) is 4.99 Å². The van der Waals surface area contributed by atoms with Crippen molar-refractivity contribution in [2.75, 3.05) is 0 Å². The number of nitrogens with zero attached hydrogens (tertiary/aromatic N) is 1. The van der Waals surface area contributed by atoms with Gasteiger partial charge < -0.3 is 0 Å². The summed E-state index contributed by atoms with van der Waals surface area (Å²) < 4.78 is 2.84. The Morgan fingerprint density at radius 3 is 2.53 bits per heavy atom. The van der Waals surface area contributed by atoms with E-state index in [1.165, 1.54) is 8.30 Å². The summed E-state index contributed by atoms with van der Waals surface area (Å²) in [6.07, 6.45) is 0. The third-order valence-electron chi connectivity index (χ3n) is 2.25. The Hall–Kier alpha value is -0.912. The summed E-state index contributed by atoms with van der Waals surface area (Å²) in [4.78, 5) is 4.63. The van der Waals surface area contributed by atoms with Gasteiger partial charge in [-0.15, -0.1) is 12.4 Å². The minimum absolute atomic E-state index is 0. The van der Waals surface area contributed by atoms with Crippen LogP contribution in [0.1, 0.15) is 0 Å². The van der Waals surface area contributed by atoms with Crippen LogP contribution in [-0.4, -0.2) is 15.3 Å². The molecule has 1 aliphatic rings. The van der Waals surface area contributed by atoms with Gasteiger partial charge in [-0.2, -0.15) is 0 Å². The molecule has 2 aromatic carbocycles. The molecule has 0 N–H and O–H groups in total. The van der Waals surface area contributed by atoms with Crippen LogP contribution in [0.15, 0.2) is 53.5 Å². The van der Waals surface area contributed by atoms with Crippen molar-refractivity contribution >= 4 is 37.8 Å². The molecule has 0 amide bonds. The molecule has 0 saturated carbocycles. The molecule has 74 valence electrons. The monoisotopic (exact) mass is 277 g/mol. The van der Waals surface area contributed by atoms with Crippen LogP contribution < -0.4 is 9.71 Å². The second kappa shape index (κ2) is 4.30. The van der Waals surface area contributed by atoms with Crippen molar-refractivity contribution in [1.29, 1.82) is 0 Å². The maximum atomic E-state index is 4.63. The zero-order chi connectivity index (χ0) is 9.38. The van der Waals surface area contributed by atoms with Crippen molar-refractivity contribution in [1.82, 2.24) is 0 Å². The zero-order valence-corrected chi connectivity index (χ0v) is 10.6. The van der Waals surface area contributed by atoms with Crippen LogP contribution >= 0.6 is 12.4 Å². The Balaban J connectivity index is 0.000000853. The Bertz CT molecular complexity index is 553. The summed E-state index contributed by atoms with van der Waals surface area (Å²) in [6.45, 7) is 0. The van der Waals surface area contributed by atoms with E-state index in [1.54, 1.807) is 0 Å². The van der Waals surface area contributed by atoms with Crippen LogP contribution in [0.2, 0.25) is 0 Å². The van der Waals surface area contributed by atoms with E-state index in [4.69, 9.17) is 0 Å². The first-order valence-electron chi connectivity index (χ1n) is 4.55. The van der Waals surface area contributed by atoms with Crippen LogP contribution in [0.3, 0.4) is 0 Å². The average molecular weight is 278 g/mol. The summed E-state index contributed by atoms with van der Waals surface area (Å²) in [7, 11) is 0. The predicted octanol–water partition coefficient (Wildman–Crippen LogP) is 1.65. The number of hydrogen-bond acceptors (Lipinski definition) is 1. The van der Waals surface area contributed by atoms with E-state index in [0.717, 1.165) is 11.0 Å². The molecular weight excluding hydrogens is 269 g/mol. The molecule has 0 saturated heterocycles. The van der Waals surface area contributed by atoms with E-state index in [9.17, 15) is 0 Å². The number of para-hydroxylation sites is 2. The fourth-order valence-corrected chi connectivity index (χ4v) is 3.79. The number of hydrogen-bond donors (Lipinski definition) is 0. The van der Waals surface area contributed by atoms with E-state index in [2.05, 4.69) is 53.5 Å². The first kappa shape index (κ1) is 10.6. The molecule has 1 heterocycles. The second-order valence-corrected chi connectivity index (χ2v) is 5.69. The molecule has 3 rings (SSSR count). The van der Waals surface area contributed by atoms with Crippen molar-refractivity contribution in [2.45, 2.75) is 0 Å². The summed E-state index contributed by atoms with van der Waals surface area (Å²) in [5.41, 5.74) is 1.16. The Morgan fingerprint density at radius 1 is 0.867 bits per heavy atom. The number of rotatable bonds is 0. The first-order valence-corrected chi connectivity index (χ1v) is 6.43. The quantitative estimate of drug-likeness (QED) is 0.554. The van der Waals surface area contributed by atoms with Crippen LogP contribution in [0.25, 0.3) is 0 Å². The maximum absolute atomic E-state index is 4.63. The van der Waals surface area contributed by atoms with Crippen molar-refractivity contribution in [3.05, 3.63) is 57.8 Å². The second-order valence-electron chi connectivity index (χ2n) is 3.20. The fourth-order valence-electron chi connectivity index (χ4n) is 1.57. The number of halogens is 1. The molecule has 0 unspecified atom stereocenters. The Kier molecular flexibility index (Phi) is 3.04. The molecule has 15 heavy (non-hydrogen) atoms. The molecule has 0 spiro atoms. The SMILES string of the molecule is Cl.c1ccc2c(c1)N=c1ccccc1=[As]2. The van der Waals surface area contributed by atoms with E-state index in [-0.39, 0.29) is 27.7 Å². The molecule has 0 fully saturated rings. The van der Waals surface area contributed by atoms with E-state index < -0.39 is 0 Å². The zero-order valence-electron chi connectivity index (χ0n) is 7.92. The van der Waals surface area contributed by atoms with Gasteiger partial charge in [0, 0.05) is 0 Å². The minimum atomic E-state index is 0. The molecule has 3 heteroatoms. The Morgan fingerprint density at radius 2 is 1.60 bits per heavy atom. The molecule has 2 aromatic rings. The Labute approximate surface area is 100 Å². The summed E-state index contributed by atoms with van der Waals surface area (Å²) in [5.74, 6) is 0. The van der Waals surface area contributed by atoms with Crippen LogP contribution in [0, 0.1) is 3.95 Å². The number of fused-ring (bicyclic) bond motifs is 2. The third-order valence-corrected chi connectivity index (χ3v) is 4.84. The molecular formula is C12H9AsClN. The first-order chi connectivity index (χ1) is 6.93. The van der Waals surface area contributed by atoms with Crippen LogP contribution in [0.4, 0.5) is 5.69 Å². The number of benzene rings is 2. The fraction of sp³-hybridized carbons (Fsp3) is 0. The molecule has 0 aromatic heterocycles. The van der Waals surface area contributed by atoms with Crippen LogP contribution in [0.5, 0.6) is 0 Å². The third kappa shape index (κ3) is 1.90. The van der Waals surface area contributed by atoms with Gasteiger partial charge in [0.05, 0.1) is 0 Å². The van der Waals surface area contributed by atoms with Gasteiger partial charge >= 0.3 is 88.2 Å². The van der Waals surface area contributed by atoms with Gasteiger partial charge in [0.15, 0.2) is 0 Å². The standard InChI is InChI=1S/C12H8AsN.ClH/c1-3-7-11-9(5-1)13-10-6-2-4-8-12(10)14-11;/h1-8H;1H. The van der Waals surface area contributed by atoms with Gasteiger partial charge in [-0.25, -0.2) is 0 Å². The molecule has 1 nitrogen and oxygen atoms in total.